The molecule has 2 rings (SSSR count). The number of hydrogen-bond acceptors (Lipinski definition) is 3. The highest BCUT2D eigenvalue weighted by Crippen LogP contribution is 2.28. The Hall–Kier alpha value is -1.49. The molecule has 0 radical (unpaired) electrons. The van der Waals surface area contributed by atoms with Gasteiger partial charge < -0.3 is 10.3 Å². The summed E-state index contributed by atoms with van der Waals surface area (Å²) >= 11 is 1.16. The minimum Gasteiger partial charge on any atom is -0.340 e. The summed E-state index contributed by atoms with van der Waals surface area (Å²) in [6, 6.07) is 7.14. The first kappa shape index (κ1) is 10.0. The number of para-hydroxylation sites is 1. The minimum atomic E-state index is -0.429. The van der Waals surface area contributed by atoms with Crippen LogP contribution in [0.5, 0.6) is 0 Å². The molecular weight excluding hydrogens is 213 g/mol. The molecule has 0 spiro atoms. The van der Waals surface area contributed by atoms with Crippen molar-refractivity contribution in [2.45, 2.75) is 4.90 Å². The summed E-state index contributed by atoms with van der Waals surface area (Å²) in [4.78, 5) is 7.71. The van der Waals surface area contributed by atoms with Gasteiger partial charge in [-0.25, -0.2) is 9.37 Å². The third-order valence-corrected chi connectivity index (χ3v) is 2.64. The molecule has 0 aliphatic rings. The first-order chi connectivity index (χ1) is 7.40. The summed E-state index contributed by atoms with van der Waals surface area (Å²) in [5, 5.41) is 3.13. The number of alkyl halides is 1. The van der Waals surface area contributed by atoms with Gasteiger partial charge in [-0.1, -0.05) is 23.9 Å². The molecule has 78 valence electrons. The van der Waals surface area contributed by atoms with E-state index in [1.54, 1.807) is 12.5 Å². The molecule has 0 aliphatic heterocycles. The number of H-pyrrole nitrogens is 1. The minimum absolute atomic E-state index is 0.429. The lowest BCUT2D eigenvalue weighted by Gasteiger charge is -2.08. The van der Waals surface area contributed by atoms with E-state index in [1.165, 1.54) is 0 Å². The largest absolute Gasteiger partial charge is 0.340 e. The van der Waals surface area contributed by atoms with Crippen LogP contribution in [-0.4, -0.2) is 16.0 Å². The van der Waals surface area contributed by atoms with Crippen LogP contribution in [0.15, 0.2) is 41.7 Å². The van der Waals surface area contributed by atoms with Gasteiger partial charge >= 0.3 is 0 Å². The lowest BCUT2D eigenvalue weighted by atomic mass is 10.3. The van der Waals surface area contributed by atoms with Gasteiger partial charge in [-0.2, -0.15) is 0 Å². The van der Waals surface area contributed by atoms with E-state index < -0.39 is 6.01 Å². The molecule has 0 fully saturated rings. The first-order valence-corrected chi connectivity index (χ1v) is 5.42. The molecule has 1 heterocycles. The van der Waals surface area contributed by atoms with E-state index in [9.17, 15) is 4.39 Å². The number of aromatic nitrogens is 2. The van der Waals surface area contributed by atoms with Gasteiger partial charge in [0.2, 0.25) is 0 Å². The normalized spacial score (nSPS) is 10.2. The quantitative estimate of drug-likeness (QED) is 0.782. The number of rotatable bonds is 4. The molecule has 0 atom stereocenters. The number of anilines is 2. The second-order valence-electron chi connectivity index (χ2n) is 2.84. The fraction of sp³-hybridized carbons (Fsp3) is 0.100. The summed E-state index contributed by atoms with van der Waals surface area (Å²) in [7, 11) is 0. The SMILES string of the molecule is FCSc1ccccc1Nc1cnc[nH]1. The summed E-state index contributed by atoms with van der Waals surface area (Å²) in [5.74, 6) is 0.793. The Balaban J connectivity index is 2.20. The van der Waals surface area contributed by atoms with E-state index in [-0.39, 0.29) is 0 Å². The van der Waals surface area contributed by atoms with E-state index in [0.29, 0.717) is 0 Å². The Bertz CT molecular complexity index is 416. The van der Waals surface area contributed by atoms with Gasteiger partial charge in [-0.05, 0) is 12.1 Å². The van der Waals surface area contributed by atoms with Gasteiger partial charge in [0.15, 0.2) is 0 Å². The lowest BCUT2D eigenvalue weighted by molar-refractivity contribution is 0.606. The Morgan fingerprint density at radius 1 is 1.40 bits per heavy atom. The predicted molar refractivity (Wildman–Crippen MR) is 60.1 cm³/mol. The Labute approximate surface area is 91.1 Å². The number of thioether (sulfide) groups is 1. The van der Waals surface area contributed by atoms with Crippen LogP contribution in [0.2, 0.25) is 0 Å². The predicted octanol–water partition coefficient (Wildman–Crippen LogP) is 3.17. The van der Waals surface area contributed by atoms with Crippen LogP contribution >= 0.6 is 11.8 Å². The highest BCUT2D eigenvalue weighted by molar-refractivity contribution is 7.99. The topological polar surface area (TPSA) is 40.7 Å². The summed E-state index contributed by atoms with van der Waals surface area (Å²) < 4.78 is 12.3. The van der Waals surface area contributed by atoms with Gasteiger partial charge in [0.1, 0.15) is 11.8 Å². The van der Waals surface area contributed by atoms with E-state index in [0.717, 1.165) is 28.2 Å². The van der Waals surface area contributed by atoms with Crippen molar-refractivity contribution in [3.63, 3.8) is 0 Å². The maximum absolute atomic E-state index is 12.3. The van der Waals surface area contributed by atoms with Crippen molar-refractivity contribution in [1.82, 2.24) is 9.97 Å². The highest BCUT2D eigenvalue weighted by atomic mass is 32.2. The van der Waals surface area contributed by atoms with Crippen molar-refractivity contribution in [1.29, 1.82) is 0 Å². The molecule has 1 aromatic heterocycles. The molecule has 0 unspecified atom stereocenters. The number of aromatic amines is 1. The van der Waals surface area contributed by atoms with Gasteiger partial charge in [0, 0.05) is 4.90 Å². The lowest BCUT2D eigenvalue weighted by Crippen LogP contribution is -1.92. The summed E-state index contributed by atoms with van der Waals surface area (Å²) in [6.07, 6.45) is 3.27. The first-order valence-electron chi connectivity index (χ1n) is 4.43. The van der Waals surface area contributed by atoms with Crippen molar-refractivity contribution < 1.29 is 4.39 Å². The molecule has 0 saturated heterocycles. The number of imidazole rings is 1. The van der Waals surface area contributed by atoms with Crippen molar-refractivity contribution in [3.8, 4) is 0 Å². The van der Waals surface area contributed by atoms with Crippen LogP contribution in [0, 0.1) is 0 Å². The van der Waals surface area contributed by atoms with Crippen LogP contribution < -0.4 is 5.32 Å². The van der Waals surface area contributed by atoms with Gasteiger partial charge in [0.25, 0.3) is 0 Å². The monoisotopic (exact) mass is 223 g/mol. The summed E-state index contributed by atoms with van der Waals surface area (Å²) in [6.45, 7) is 0. The Morgan fingerprint density at radius 2 is 2.27 bits per heavy atom. The molecule has 2 N–H and O–H groups in total. The van der Waals surface area contributed by atoms with Crippen molar-refractivity contribution in [2.75, 3.05) is 11.3 Å². The number of nitrogens with one attached hydrogen (secondary N) is 2. The zero-order valence-corrected chi connectivity index (χ0v) is 8.72. The molecule has 2 aromatic rings. The van der Waals surface area contributed by atoms with Gasteiger partial charge in [-0.3, -0.25) is 0 Å². The molecule has 0 bridgehead atoms. The van der Waals surface area contributed by atoms with Gasteiger partial charge in [0.05, 0.1) is 18.2 Å². The average Bonchev–Trinajstić information content (AvgIpc) is 2.74. The molecule has 15 heavy (non-hydrogen) atoms. The molecule has 0 aliphatic carbocycles. The molecule has 0 saturated carbocycles. The molecule has 5 heteroatoms. The Morgan fingerprint density at radius 3 is 3.00 bits per heavy atom. The third-order valence-electron chi connectivity index (χ3n) is 1.86. The van der Waals surface area contributed by atoms with E-state index in [4.69, 9.17) is 0 Å². The smallest absolute Gasteiger partial charge is 0.139 e. The van der Waals surface area contributed by atoms with Crippen LogP contribution in [0.1, 0.15) is 0 Å². The van der Waals surface area contributed by atoms with E-state index in [2.05, 4.69) is 15.3 Å². The average molecular weight is 223 g/mol. The van der Waals surface area contributed by atoms with Crippen LogP contribution in [0.3, 0.4) is 0 Å². The van der Waals surface area contributed by atoms with Crippen molar-refractivity contribution >= 4 is 23.3 Å². The van der Waals surface area contributed by atoms with Crippen LogP contribution in [0.25, 0.3) is 0 Å². The standard InChI is InChI=1S/C10H10FN3S/c11-6-15-9-4-2-1-3-8(9)14-10-5-12-7-13-10/h1-5,7,14H,6H2,(H,12,13). The van der Waals surface area contributed by atoms with Crippen molar-refractivity contribution in [3.05, 3.63) is 36.8 Å². The molecule has 1 aromatic carbocycles. The number of nitrogens with zero attached hydrogens (tertiary/aromatic N) is 1. The van der Waals surface area contributed by atoms with E-state index >= 15 is 0 Å². The van der Waals surface area contributed by atoms with E-state index in [1.807, 2.05) is 24.3 Å². The summed E-state index contributed by atoms with van der Waals surface area (Å²) in [5.41, 5.74) is 0.879. The number of halogens is 1. The molecular formula is C10H10FN3S. The second-order valence-corrected chi connectivity index (χ2v) is 3.79. The third kappa shape index (κ3) is 2.50. The van der Waals surface area contributed by atoms with Crippen LogP contribution in [0.4, 0.5) is 15.9 Å². The zero-order chi connectivity index (χ0) is 10.5. The highest BCUT2D eigenvalue weighted by Gasteiger charge is 2.02. The Kier molecular flexibility index (Phi) is 3.24. The van der Waals surface area contributed by atoms with Crippen LogP contribution in [-0.2, 0) is 0 Å². The second kappa shape index (κ2) is 4.84. The molecule has 0 amide bonds. The van der Waals surface area contributed by atoms with Gasteiger partial charge in [-0.15, -0.1) is 0 Å². The zero-order valence-electron chi connectivity index (χ0n) is 7.90. The molecule has 3 nitrogen and oxygen atoms in total. The number of hydrogen-bond donors (Lipinski definition) is 2. The van der Waals surface area contributed by atoms with Crippen molar-refractivity contribution in [2.24, 2.45) is 0 Å². The maximum Gasteiger partial charge on any atom is 0.139 e. The fourth-order valence-corrected chi connectivity index (χ4v) is 1.79. The number of benzene rings is 1. The maximum atomic E-state index is 12.3. The fourth-order valence-electron chi connectivity index (χ4n) is 1.22.